The van der Waals surface area contributed by atoms with E-state index in [1.54, 1.807) is 19.2 Å². The minimum Gasteiger partial charge on any atom is -0.502 e. The van der Waals surface area contributed by atoms with E-state index in [2.05, 4.69) is 5.10 Å². The maximum atomic E-state index is 14.3. The molecular weight excluding hydrogens is 404 g/mol. The van der Waals surface area contributed by atoms with Gasteiger partial charge in [0.15, 0.2) is 11.4 Å². The van der Waals surface area contributed by atoms with Gasteiger partial charge in [-0.2, -0.15) is 5.10 Å². The molecule has 0 bridgehead atoms. The highest BCUT2D eigenvalue weighted by Gasteiger charge is 2.40. The van der Waals surface area contributed by atoms with Crippen LogP contribution in [-0.4, -0.2) is 39.3 Å². The molecule has 0 spiro atoms. The number of halogens is 2. The molecule has 31 heavy (non-hydrogen) atoms. The summed E-state index contributed by atoms with van der Waals surface area (Å²) in [4.78, 5) is 26.1. The van der Waals surface area contributed by atoms with Gasteiger partial charge >= 0.3 is 0 Å². The van der Waals surface area contributed by atoms with E-state index in [0.29, 0.717) is 24.0 Å². The maximum absolute atomic E-state index is 14.3. The quantitative estimate of drug-likeness (QED) is 0.653. The third-order valence-electron chi connectivity index (χ3n) is 6.24. The smallest absolute Gasteiger partial charge is 0.275 e. The molecule has 0 saturated carbocycles. The third kappa shape index (κ3) is 3.01. The van der Waals surface area contributed by atoms with Gasteiger partial charge in [-0.3, -0.25) is 14.3 Å². The Bertz CT molecular complexity index is 1230. The maximum Gasteiger partial charge on any atom is 0.275 e. The molecular formula is C23H19F2N3O3. The van der Waals surface area contributed by atoms with Crippen molar-refractivity contribution in [3.63, 3.8) is 0 Å². The molecule has 1 unspecified atom stereocenters. The first-order chi connectivity index (χ1) is 14.8. The molecule has 1 aliphatic carbocycles. The number of carbonyl (C=O) groups excluding carboxylic acids is 1. The van der Waals surface area contributed by atoms with E-state index in [1.807, 2.05) is 0 Å². The van der Waals surface area contributed by atoms with E-state index < -0.39 is 40.7 Å². The lowest BCUT2D eigenvalue weighted by Gasteiger charge is -2.38. The first kappa shape index (κ1) is 19.4. The summed E-state index contributed by atoms with van der Waals surface area (Å²) in [6, 6.07) is 8.57. The largest absolute Gasteiger partial charge is 0.502 e. The Morgan fingerprint density at radius 1 is 1.00 bits per heavy atom. The summed E-state index contributed by atoms with van der Waals surface area (Å²) in [5, 5.41) is 14.5. The van der Waals surface area contributed by atoms with Crippen LogP contribution < -0.4 is 5.43 Å². The molecule has 1 amide bonds. The summed E-state index contributed by atoms with van der Waals surface area (Å²) in [7, 11) is 1.56. The Morgan fingerprint density at radius 2 is 1.58 bits per heavy atom. The molecule has 1 aliphatic heterocycles. The molecule has 1 N–H and O–H groups in total. The summed E-state index contributed by atoms with van der Waals surface area (Å²) in [5.41, 5.74) is 2.24. The predicted octanol–water partition coefficient (Wildman–Crippen LogP) is 2.78. The van der Waals surface area contributed by atoms with Gasteiger partial charge in [0, 0.05) is 19.5 Å². The summed E-state index contributed by atoms with van der Waals surface area (Å²) in [6.07, 6.45) is 2.27. The SMILES string of the molecule is CN1CC(C2c3cc(F)ccc3CCc3ccc(F)cc32)n2ncc(=O)c(O)c2C1=O. The number of aromatic nitrogens is 2. The Labute approximate surface area is 176 Å². The minimum absolute atomic E-state index is 0.192. The number of benzene rings is 2. The third-order valence-corrected chi connectivity index (χ3v) is 6.24. The topological polar surface area (TPSA) is 75.4 Å². The predicted molar refractivity (Wildman–Crippen MR) is 108 cm³/mol. The van der Waals surface area contributed by atoms with Crippen molar-refractivity contribution in [2.24, 2.45) is 0 Å². The van der Waals surface area contributed by atoms with Gasteiger partial charge in [-0.1, -0.05) is 12.1 Å². The van der Waals surface area contributed by atoms with Crippen molar-refractivity contribution < 1.29 is 18.7 Å². The number of amides is 1. The fourth-order valence-electron chi connectivity index (χ4n) is 4.80. The second-order valence-electron chi connectivity index (χ2n) is 8.07. The van der Waals surface area contributed by atoms with E-state index in [4.69, 9.17) is 0 Å². The van der Waals surface area contributed by atoms with Crippen molar-refractivity contribution in [1.82, 2.24) is 14.7 Å². The summed E-state index contributed by atoms with van der Waals surface area (Å²) in [5.74, 6) is -2.59. The highest BCUT2D eigenvalue weighted by atomic mass is 19.1. The lowest BCUT2D eigenvalue weighted by molar-refractivity contribution is 0.0686. The molecule has 0 fully saturated rings. The Kier molecular flexibility index (Phi) is 4.39. The fourth-order valence-corrected chi connectivity index (χ4v) is 4.80. The number of carbonyl (C=O) groups is 1. The number of hydrogen-bond donors (Lipinski definition) is 1. The molecule has 0 radical (unpaired) electrons. The number of fused-ring (bicyclic) bond motifs is 3. The van der Waals surface area contributed by atoms with Crippen molar-refractivity contribution in [3.05, 3.63) is 92.4 Å². The van der Waals surface area contributed by atoms with Crippen molar-refractivity contribution >= 4 is 5.91 Å². The zero-order chi connectivity index (χ0) is 21.9. The van der Waals surface area contributed by atoms with Gasteiger partial charge < -0.3 is 10.0 Å². The van der Waals surface area contributed by atoms with Crippen LogP contribution in [0.1, 0.15) is 44.7 Å². The number of likely N-dealkylation sites (N-methyl/N-ethyl adjacent to an activating group) is 1. The van der Waals surface area contributed by atoms with E-state index in [0.717, 1.165) is 17.3 Å². The van der Waals surface area contributed by atoms with Gasteiger partial charge in [-0.05, 0) is 59.4 Å². The first-order valence-corrected chi connectivity index (χ1v) is 9.98. The van der Waals surface area contributed by atoms with Gasteiger partial charge in [-0.25, -0.2) is 8.78 Å². The van der Waals surface area contributed by atoms with Crippen LogP contribution in [0, 0.1) is 11.6 Å². The molecule has 3 aromatic rings. The van der Waals surface area contributed by atoms with E-state index in [9.17, 15) is 23.5 Å². The summed E-state index contributed by atoms with van der Waals surface area (Å²) < 4.78 is 30.0. The van der Waals surface area contributed by atoms with E-state index in [1.165, 1.54) is 33.8 Å². The number of aromatic hydroxyl groups is 1. The van der Waals surface area contributed by atoms with Gasteiger partial charge in [0.1, 0.15) is 11.6 Å². The second kappa shape index (κ2) is 7.01. The first-order valence-electron chi connectivity index (χ1n) is 9.98. The van der Waals surface area contributed by atoms with E-state index >= 15 is 0 Å². The number of nitrogens with zero attached hydrogens (tertiary/aromatic N) is 3. The van der Waals surface area contributed by atoms with Crippen LogP contribution >= 0.6 is 0 Å². The summed E-state index contributed by atoms with van der Waals surface area (Å²) >= 11 is 0. The average Bonchev–Trinajstić information content (AvgIpc) is 2.89. The van der Waals surface area contributed by atoms with Crippen molar-refractivity contribution in [1.29, 1.82) is 0 Å². The lowest BCUT2D eigenvalue weighted by Crippen LogP contribution is -2.45. The molecule has 2 aliphatic rings. The Hall–Kier alpha value is -3.55. The molecule has 0 saturated heterocycles. The highest BCUT2D eigenvalue weighted by Crippen LogP contribution is 2.44. The minimum atomic E-state index is -0.757. The Morgan fingerprint density at radius 3 is 2.16 bits per heavy atom. The van der Waals surface area contributed by atoms with E-state index in [-0.39, 0.29) is 12.2 Å². The van der Waals surface area contributed by atoms with Gasteiger partial charge in [-0.15, -0.1) is 0 Å². The second-order valence-corrected chi connectivity index (χ2v) is 8.07. The zero-order valence-corrected chi connectivity index (χ0v) is 16.7. The van der Waals surface area contributed by atoms with Crippen molar-refractivity contribution in [2.45, 2.75) is 24.8 Å². The molecule has 5 rings (SSSR count). The monoisotopic (exact) mass is 423 g/mol. The number of hydrogen-bond acceptors (Lipinski definition) is 4. The fraction of sp³-hybridized carbons (Fsp3) is 0.261. The number of aryl methyl sites for hydroxylation is 2. The van der Waals surface area contributed by atoms with Crippen molar-refractivity contribution in [3.8, 4) is 5.75 Å². The zero-order valence-electron chi connectivity index (χ0n) is 16.7. The van der Waals surface area contributed by atoms with Crippen LogP contribution in [0.25, 0.3) is 0 Å². The van der Waals surface area contributed by atoms with Crippen LogP contribution in [0.3, 0.4) is 0 Å². The molecule has 6 nitrogen and oxygen atoms in total. The standard InChI is InChI=1S/C23H19F2N3O3/c1-27-11-18(28-21(23(27)31)22(30)19(29)10-26-28)20-16-8-14(24)6-4-12(16)2-3-13-5-7-15(25)9-17(13)20/h4-10,18,20,30H,2-3,11H2,1H3. The van der Waals surface area contributed by atoms with Gasteiger partial charge in [0.2, 0.25) is 5.43 Å². The molecule has 2 heterocycles. The molecule has 2 aromatic carbocycles. The molecule has 1 atom stereocenters. The van der Waals surface area contributed by atoms with Gasteiger partial charge in [0.25, 0.3) is 5.91 Å². The van der Waals surface area contributed by atoms with Crippen LogP contribution in [0.4, 0.5) is 8.78 Å². The normalized spacial score (nSPS) is 18.2. The van der Waals surface area contributed by atoms with Crippen LogP contribution in [0.15, 0.2) is 47.4 Å². The summed E-state index contributed by atoms with van der Waals surface area (Å²) in [6.45, 7) is 0.192. The van der Waals surface area contributed by atoms with Crippen molar-refractivity contribution in [2.75, 3.05) is 13.6 Å². The average molecular weight is 423 g/mol. The molecule has 1 aromatic heterocycles. The molecule has 158 valence electrons. The van der Waals surface area contributed by atoms with Gasteiger partial charge in [0.05, 0.1) is 12.2 Å². The highest BCUT2D eigenvalue weighted by molar-refractivity contribution is 5.95. The molecule has 8 heteroatoms. The Balaban J connectivity index is 1.81. The number of rotatable bonds is 1. The lowest BCUT2D eigenvalue weighted by atomic mass is 9.81. The van der Waals surface area contributed by atoms with Crippen LogP contribution in [-0.2, 0) is 12.8 Å². The van der Waals surface area contributed by atoms with Crippen LogP contribution in [0.5, 0.6) is 5.75 Å². The van der Waals surface area contributed by atoms with Crippen LogP contribution in [0.2, 0.25) is 0 Å².